The largest absolute Gasteiger partial charge is 0.489 e. The van der Waals surface area contributed by atoms with Gasteiger partial charge in [0, 0.05) is 66.4 Å². The molecule has 2 heterocycles. The van der Waals surface area contributed by atoms with E-state index in [1.165, 1.54) is 18.5 Å². The number of ether oxygens (including phenoxy) is 1. The summed E-state index contributed by atoms with van der Waals surface area (Å²) < 4.78 is 6.48. The van der Waals surface area contributed by atoms with Crippen molar-refractivity contribution < 1.29 is 14.6 Å². The summed E-state index contributed by atoms with van der Waals surface area (Å²) in [6.07, 6.45) is 3.88. The highest BCUT2D eigenvalue weighted by Crippen LogP contribution is 2.56. The summed E-state index contributed by atoms with van der Waals surface area (Å²) in [5, 5.41) is 22.8. The van der Waals surface area contributed by atoms with E-state index in [2.05, 4.69) is 61.0 Å². The maximum absolute atomic E-state index is 13.4. The van der Waals surface area contributed by atoms with E-state index in [1.54, 1.807) is 6.07 Å². The number of carbonyl (C=O) groups excluding carboxylic acids is 1. The molecule has 226 valence electrons. The summed E-state index contributed by atoms with van der Waals surface area (Å²) in [4.78, 5) is 18.3. The Bertz CT molecular complexity index is 1300. The molecule has 2 aromatic carbocycles. The van der Waals surface area contributed by atoms with Gasteiger partial charge >= 0.3 is 0 Å². The Labute approximate surface area is 255 Å². The molecule has 8 heteroatoms. The maximum atomic E-state index is 13.4. The zero-order chi connectivity index (χ0) is 30.2. The molecule has 0 unspecified atom stereocenters. The van der Waals surface area contributed by atoms with E-state index in [1.807, 2.05) is 25.1 Å². The molecule has 2 N–H and O–H groups in total. The number of benzene rings is 2. The third kappa shape index (κ3) is 6.00. The zero-order valence-electron chi connectivity index (χ0n) is 25.6. The first-order chi connectivity index (χ1) is 19.9. The minimum atomic E-state index is -0.315. The van der Waals surface area contributed by atoms with Gasteiger partial charge in [-0.25, -0.2) is 0 Å². The van der Waals surface area contributed by atoms with Gasteiger partial charge in [-0.3, -0.25) is 4.79 Å². The van der Waals surface area contributed by atoms with Crippen LogP contribution < -0.4 is 15.0 Å². The van der Waals surface area contributed by atoms with Gasteiger partial charge in [0.05, 0.1) is 16.7 Å². The predicted octanol–water partition coefficient (Wildman–Crippen LogP) is 5.81. The molecule has 1 saturated carbocycles. The van der Waals surface area contributed by atoms with Crippen LogP contribution in [-0.2, 0) is 0 Å². The minimum Gasteiger partial charge on any atom is -0.489 e. The molecule has 5 rings (SSSR count). The number of amides is 1. The number of nitrogens with zero attached hydrogens (tertiary/aromatic N) is 3. The molecule has 2 aromatic rings. The van der Waals surface area contributed by atoms with Crippen LogP contribution in [0.15, 0.2) is 36.4 Å². The first-order valence-electron chi connectivity index (χ1n) is 15.3. The van der Waals surface area contributed by atoms with Crippen LogP contribution in [0.5, 0.6) is 5.75 Å². The highest BCUT2D eigenvalue weighted by atomic mass is 35.5. The van der Waals surface area contributed by atoms with Crippen molar-refractivity contribution in [3.63, 3.8) is 0 Å². The number of halogens is 1. The van der Waals surface area contributed by atoms with E-state index in [-0.39, 0.29) is 35.0 Å². The number of hydrogen-bond acceptors (Lipinski definition) is 6. The van der Waals surface area contributed by atoms with Gasteiger partial charge in [-0.05, 0) is 74.9 Å². The second-order valence-corrected chi connectivity index (χ2v) is 14.1. The monoisotopic (exact) mass is 592 g/mol. The Morgan fingerprint density at radius 1 is 1.02 bits per heavy atom. The average Bonchev–Trinajstić information content (AvgIpc) is 2.98. The van der Waals surface area contributed by atoms with Gasteiger partial charge < -0.3 is 25.0 Å². The second kappa shape index (κ2) is 12.1. The molecule has 3 fully saturated rings. The predicted molar refractivity (Wildman–Crippen MR) is 167 cm³/mol. The van der Waals surface area contributed by atoms with Gasteiger partial charge in [0.15, 0.2) is 0 Å². The van der Waals surface area contributed by atoms with E-state index in [9.17, 15) is 15.2 Å². The van der Waals surface area contributed by atoms with Crippen LogP contribution in [0.1, 0.15) is 74.9 Å². The van der Waals surface area contributed by atoms with Crippen LogP contribution in [0, 0.1) is 35.0 Å². The molecule has 7 nitrogen and oxygen atoms in total. The number of hydrogen-bond donors (Lipinski definition) is 2. The lowest BCUT2D eigenvalue weighted by molar-refractivity contribution is -0.164. The fourth-order valence-corrected chi connectivity index (χ4v) is 7.89. The first kappa shape index (κ1) is 30.7. The third-order valence-corrected chi connectivity index (χ3v) is 10.5. The molecule has 0 spiro atoms. The standard InChI is InChI=1S/C34H45ClN4O3/c1-22-28(11-8-25(20-36)29(22)35)42-32-33(2,3)31(34(32,4)5)37-30(41)24-6-9-26(10-7-24)39-18-12-23(13-19-39)21-38-16-14-27(40)15-17-38/h6-11,23,27,31-32,40H,12-19,21H2,1-5H3,(H,37,41). The Morgan fingerprint density at radius 3 is 2.24 bits per heavy atom. The molecule has 0 atom stereocenters. The third-order valence-electron chi connectivity index (χ3n) is 10.00. The number of aliphatic hydroxyl groups excluding tert-OH is 1. The van der Waals surface area contributed by atoms with E-state index in [0.29, 0.717) is 27.8 Å². The number of nitrogens with one attached hydrogen (secondary N) is 1. The number of nitriles is 1. The molecule has 42 heavy (non-hydrogen) atoms. The number of aliphatic hydroxyl groups is 1. The molecule has 2 aliphatic heterocycles. The van der Waals surface area contributed by atoms with E-state index < -0.39 is 0 Å². The highest BCUT2D eigenvalue weighted by molar-refractivity contribution is 6.32. The topological polar surface area (TPSA) is 88.8 Å². The molecular weight excluding hydrogens is 548 g/mol. The summed E-state index contributed by atoms with van der Waals surface area (Å²) in [5.41, 5.74) is 2.38. The van der Waals surface area contributed by atoms with Crippen LogP contribution in [-0.4, -0.2) is 66.9 Å². The van der Waals surface area contributed by atoms with Crippen molar-refractivity contribution in [1.82, 2.24) is 10.2 Å². The van der Waals surface area contributed by atoms with Crippen molar-refractivity contribution in [3.8, 4) is 11.8 Å². The van der Waals surface area contributed by atoms with Gasteiger partial charge in [0.1, 0.15) is 17.9 Å². The number of rotatable bonds is 7. The molecule has 0 radical (unpaired) electrons. The van der Waals surface area contributed by atoms with E-state index in [4.69, 9.17) is 16.3 Å². The summed E-state index contributed by atoms with van der Waals surface area (Å²) in [5.74, 6) is 1.30. The lowest BCUT2D eigenvalue weighted by Crippen LogP contribution is -2.74. The van der Waals surface area contributed by atoms with Crippen molar-refractivity contribution in [2.75, 3.05) is 37.6 Å². The fraction of sp³-hybridized carbons (Fsp3) is 0.588. The molecular formula is C34H45ClN4O3. The van der Waals surface area contributed by atoms with Crippen molar-refractivity contribution in [2.45, 2.75) is 78.6 Å². The minimum absolute atomic E-state index is 0.0749. The summed E-state index contributed by atoms with van der Waals surface area (Å²) in [6.45, 7) is 15.6. The van der Waals surface area contributed by atoms with Crippen LogP contribution in [0.2, 0.25) is 5.02 Å². The number of likely N-dealkylation sites (tertiary alicyclic amines) is 1. The molecule has 0 bridgehead atoms. The number of carbonyl (C=O) groups is 1. The second-order valence-electron chi connectivity index (χ2n) is 13.7. The molecule has 2 saturated heterocycles. The number of anilines is 1. The zero-order valence-corrected chi connectivity index (χ0v) is 26.4. The van der Waals surface area contributed by atoms with Crippen molar-refractivity contribution >= 4 is 23.2 Å². The van der Waals surface area contributed by atoms with Gasteiger partial charge in [0.25, 0.3) is 5.91 Å². The van der Waals surface area contributed by atoms with E-state index >= 15 is 0 Å². The Balaban J connectivity index is 1.15. The smallest absolute Gasteiger partial charge is 0.251 e. The Hall–Kier alpha value is -2.79. The van der Waals surface area contributed by atoms with Crippen LogP contribution >= 0.6 is 11.6 Å². The highest BCUT2D eigenvalue weighted by Gasteiger charge is 2.64. The van der Waals surface area contributed by atoms with Crippen LogP contribution in [0.3, 0.4) is 0 Å². The molecule has 0 aromatic heterocycles. The molecule has 1 amide bonds. The van der Waals surface area contributed by atoms with E-state index in [0.717, 1.165) is 51.1 Å². The Kier molecular flexibility index (Phi) is 8.81. The molecule has 3 aliphatic rings. The van der Waals surface area contributed by atoms with Gasteiger partial charge in [-0.15, -0.1) is 0 Å². The van der Waals surface area contributed by atoms with Gasteiger partial charge in [-0.1, -0.05) is 39.3 Å². The van der Waals surface area contributed by atoms with Gasteiger partial charge in [-0.2, -0.15) is 5.26 Å². The lowest BCUT2D eigenvalue weighted by Gasteiger charge is -2.63. The normalized spacial score (nSPS) is 24.5. The van der Waals surface area contributed by atoms with Crippen LogP contribution in [0.4, 0.5) is 5.69 Å². The van der Waals surface area contributed by atoms with Gasteiger partial charge in [0.2, 0.25) is 0 Å². The quantitative estimate of drug-likeness (QED) is 0.422. The first-order valence-corrected chi connectivity index (χ1v) is 15.7. The van der Waals surface area contributed by atoms with Crippen molar-refractivity contribution in [1.29, 1.82) is 5.26 Å². The maximum Gasteiger partial charge on any atom is 0.251 e. The van der Waals surface area contributed by atoms with Crippen LogP contribution in [0.25, 0.3) is 0 Å². The number of piperidine rings is 2. The SMILES string of the molecule is Cc1c(OC2C(C)(C)C(NC(=O)c3ccc(N4CCC(CN5CCC(O)CC5)CC4)cc3)C2(C)C)ccc(C#N)c1Cl. The lowest BCUT2D eigenvalue weighted by atomic mass is 9.49. The van der Waals surface area contributed by atoms with Crippen molar-refractivity contribution in [2.24, 2.45) is 16.7 Å². The Morgan fingerprint density at radius 2 is 1.64 bits per heavy atom. The van der Waals surface area contributed by atoms with Crippen molar-refractivity contribution in [3.05, 3.63) is 58.1 Å². The summed E-state index contributed by atoms with van der Waals surface area (Å²) >= 11 is 6.39. The average molecular weight is 593 g/mol. The molecule has 1 aliphatic carbocycles. The fourth-order valence-electron chi connectivity index (χ4n) is 7.69. The summed E-state index contributed by atoms with van der Waals surface area (Å²) in [6, 6.07) is 13.5. The summed E-state index contributed by atoms with van der Waals surface area (Å²) in [7, 11) is 0.